The maximum absolute atomic E-state index is 11.4. The summed E-state index contributed by atoms with van der Waals surface area (Å²) in [7, 11) is 0. The molecule has 0 aliphatic carbocycles. The predicted octanol–water partition coefficient (Wildman–Crippen LogP) is 2.08. The first kappa shape index (κ1) is 12.4. The summed E-state index contributed by atoms with van der Waals surface area (Å²) in [5.41, 5.74) is 0. The van der Waals surface area contributed by atoms with Gasteiger partial charge in [0.2, 0.25) is 0 Å². The Morgan fingerprint density at radius 3 is 2.54 bits per heavy atom. The standard InChI is InChI=1S/C8H14F3NO/c1-2-3-4-5-12-6-7-13-8(9,10)11/h2-3,12H,4-7H2,1H3/b3-2+. The van der Waals surface area contributed by atoms with Crippen LogP contribution in [0.3, 0.4) is 0 Å². The van der Waals surface area contributed by atoms with Crippen molar-refractivity contribution in [2.75, 3.05) is 19.7 Å². The predicted molar refractivity (Wildman–Crippen MR) is 44.3 cm³/mol. The highest BCUT2D eigenvalue weighted by Crippen LogP contribution is 2.14. The Balaban J connectivity index is 3.09. The molecule has 0 saturated carbocycles. The van der Waals surface area contributed by atoms with Crippen molar-refractivity contribution in [3.05, 3.63) is 12.2 Å². The summed E-state index contributed by atoms with van der Waals surface area (Å²) in [5, 5.41) is 2.82. The monoisotopic (exact) mass is 197 g/mol. The zero-order valence-electron chi connectivity index (χ0n) is 7.53. The summed E-state index contributed by atoms with van der Waals surface area (Å²) in [5.74, 6) is 0. The molecule has 0 heterocycles. The van der Waals surface area contributed by atoms with Gasteiger partial charge in [-0.05, 0) is 19.9 Å². The van der Waals surface area contributed by atoms with Gasteiger partial charge in [-0.15, -0.1) is 13.2 Å². The SMILES string of the molecule is C/C=C/CCNCCOC(F)(F)F. The van der Waals surface area contributed by atoms with E-state index in [0.717, 1.165) is 6.42 Å². The Morgan fingerprint density at radius 2 is 2.00 bits per heavy atom. The first-order chi connectivity index (χ1) is 6.06. The van der Waals surface area contributed by atoms with Gasteiger partial charge in [0.15, 0.2) is 0 Å². The molecule has 0 aromatic heterocycles. The Kier molecular flexibility index (Phi) is 6.62. The number of nitrogens with one attached hydrogen (secondary N) is 1. The van der Waals surface area contributed by atoms with E-state index < -0.39 is 6.36 Å². The highest BCUT2D eigenvalue weighted by molar-refractivity contribution is 4.77. The molecule has 0 aliphatic heterocycles. The van der Waals surface area contributed by atoms with E-state index in [0.29, 0.717) is 6.54 Å². The number of alkyl halides is 3. The Labute approximate surface area is 75.8 Å². The molecular weight excluding hydrogens is 183 g/mol. The molecular formula is C8H14F3NO. The third-order valence-electron chi connectivity index (χ3n) is 1.27. The van der Waals surface area contributed by atoms with Gasteiger partial charge in [0, 0.05) is 6.54 Å². The Morgan fingerprint density at radius 1 is 1.31 bits per heavy atom. The molecule has 0 radical (unpaired) electrons. The second-order valence-corrected chi connectivity index (χ2v) is 2.40. The number of hydrogen-bond acceptors (Lipinski definition) is 2. The molecule has 0 rings (SSSR count). The fourth-order valence-corrected chi connectivity index (χ4v) is 0.716. The number of hydrogen-bond donors (Lipinski definition) is 1. The lowest BCUT2D eigenvalue weighted by Gasteiger charge is -2.07. The minimum atomic E-state index is -4.51. The van der Waals surface area contributed by atoms with Crippen LogP contribution in [0.15, 0.2) is 12.2 Å². The van der Waals surface area contributed by atoms with Gasteiger partial charge in [0.05, 0.1) is 6.61 Å². The van der Waals surface area contributed by atoms with Crippen LogP contribution in [0.4, 0.5) is 13.2 Å². The average molecular weight is 197 g/mol. The van der Waals surface area contributed by atoms with Gasteiger partial charge in [0.1, 0.15) is 0 Å². The highest BCUT2D eigenvalue weighted by Gasteiger charge is 2.28. The summed E-state index contributed by atoms with van der Waals surface area (Å²) in [6.45, 7) is 2.45. The number of halogens is 3. The molecule has 5 heteroatoms. The zero-order valence-corrected chi connectivity index (χ0v) is 7.53. The van der Waals surface area contributed by atoms with E-state index in [4.69, 9.17) is 0 Å². The number of allylic oxidation sites excluding steroid dienone is 1. The van der Waals surface area contributed by atoms with Crippen LogP contribution in [-0.4, -0.2) is 26.1 Å². The van der Waals surface area contributed by atoms with Crippen LogP contribution >= 0.6 is 0 Å². The molecule has 0 spiro atoms. The lowest BCUT2D eigenvalue weighted by molar-refractivity contribution is -0.323. The summed E-state index contributed by atoms with van der Waals surface area (Å²) in [4.78, 5) is 0. The van der Waals surface area contributed by atoms with E-state index in [2.05, 4.69) is 10.1 Å². The summed E-state index contributed by atoms with van der Waals surface area (Å²) < 4.78 is 37.8. The fraction of sp³-hybridized carbons (Fsp3) is 0.750. The van der Waals surface area contributed by atoms with Crippen LogP contribution in [-0.2, 0) is 4.74 Å². The lowest BCUT2D eigenvalue weighted by atomic mass is 10.4. The van der Waals surface area contributed by atoms with Gasteiger partial charge >= 0.3 is 6.36 Å². The smallest absolute Gasteiger partial charge is 0.314 e. The molecule has 1 N–H and O–H groups in total. The van der Waals surface area contributed by atoms with E-state index in [-0.39, 0.29) is 13.2 Å². The first-order valence-corrected chi connectivity index (χ1v) is 4.09. The maximum atomic E-state index is 11.4. The van der Waals surface area contributed by atoms with Crippen LogP contribution in [0.1, 0.15) is 13.3 Å². The third kappa shape index (κ3) is 11.5. The molecule has 0 aliphatic rings. The molecule has 78 valence electrons. The molecule has 0 bridgehead atoms. The van der Waals surface area contributed by atoms with Gasteiger partial charge in [-0.1, -0.05) is 12.2 Å². The van der Waals surface area contributed by atoms with Gasteiger partial charge in [-0.3, -0.25) is 4.74 Å². The minimum absolute atomic E-state index is 0.219. The molecule has 13 heavy (non-hydrogen) atoms. The average Bonchev–Trinajstić information content (AvgIpc) is 2.01. The fourth-order valence-electron chi connectivity index (χ4n) is 0.716. The van der Waals surface area contributed by atoms with E-state index in [1.165, 1.54) is 0 Å². The van der Waals surface area contributed by atoms with E-state index >= 15 is 0 Å². The first-order valence-electron chi connectivity index (χ1n) is 4.09. The summed E-state index contributed by atoms with van der Waals surface area (Å²) in [6, 6.07) is 0. The van der Waals surface area contributed by atoms with Crippen LogP contribution in [0.2, 0.25) is 0 Å². The molecule has 0 amide bonds. The van der Waals surface area contributed by atoms with Crippen molar-refractivity contribution >= 4 is 0 Å². The highest BCUT2D eigenvalue weighted by atomic mass is 19.4. The third-order valence-corrected chi connectivity index (χ3v) is 1.27. The molecule has 2 nitrogen and oxygen atoms in total. The van der Waals surface area contributed by atoms with E-state index in [9.17, 15) is 13.2 Å². The van der Waals surface area contributed by atoms with Crippen molar-refractivity contribution < 1.29 is 17.9 Å². The van der Waals surface area contributed by atoms with Crippen molar-refractivity contribution in [3.8, 4) is 0 Å². The Hall–Kier alpha value is -0.550. The van der Waals surface area contributed by atoms with E-state index in [1.807, 2.05) is 19.1 Å². The molecule has 0 atom stereocenters. The van der Waals surface area contributed by atoms with Crippen LogP contribution in [0, 0.1) is 0 Å². The van der Waals surface area contributed by atoms with Gasteiger partial charge in [0.25, 0.3) is 0 Å². The van der Waals surface area contributed by atoms with Crippen LogP contribution < -0.4 is 5.32 Å². The van der Waals surface area contributed by atoms with Crippen molar-refractivity contribution in [2.45, 2.75) is 19.7 Å². The van der Waals surface area contributed by atoms with Gasteiger partial charge in [-0.25, -0.2) is 0 Å². The molecule has 0 fully saturated rings. The number of rotatable bonds is 6. The van der Waals surface area contributed by atoms with Crippen molar-refractivity contribution in [1.82, 2.24) is 5.32 Å². The van der Waals surface area contributed by atoms with Crippen LogP contribution in [0.5, 0.6) is 0 Å². The topological polar surface area (TPSA) is 21.3 Å². The minimum Gasteiger partial charge on any atom is -0.314 e. The normalized spacial score (nSPS) is 12.6. The molecule has 0 aromatic carbocycles. The summed E-state index contributed by atoms with van der Waals surface area (Å²) in [6.07, 6.45) is 0.152. The van der Waals surface area contributed by atoms with Crippen molar-refractivity contribution in [3.63, 3.8) is 0 Å². The molecule has 0 unspecified atom stereocenters. The van der Waals surface area contributed by atoms with E-state index in [1.54, 1.807) is 0 Å². The van der Waals surface area contributed by atoms with Crippen LogP contribution in [0.25, 0.3) is 0 Å². The van der Waals surface area contributed by atoms with Crippen molar-refractivity contribution in [1.29, 1.82) is 0 Å². The zero-order chi connectivity index (χ0) is 10.2. The second-order valence-electron chi connectivity index (χ2n) is 2.40. The maximum Gasteiger partial charge on any atom is 0.522 e. The Bertz CT molecular complexity index is 145. The second kappa shape index (κ2) is 6.91. The molecule has 0 aromatic rings. The van der Waals surface area contributed by atoms with Crippen molar-refractivity contribution in [2.24, 2.45) is 0 Å². The number of ether oxygens (including phenoxy) is 1. The van der Waals surface area contributed by atoms with Gasteiger partial charge < -0.3 is 5.32 Å². The quantitative estimate of drug-likeness (QED) is 0.520. The largest absolute Gasteiger partial charge is 0.522 e. The summed E-state index contributed by atoms with van der Waals surface area (Å²) >= 11 is 0. The molecule has 0 saturated heterocycles. The lowest BCUT2D eigenvalue weighted by Crippen LogP contribution is -2.24. The van der Waals surface area contributed by atoms with Gasteiger partial charge in [-0.2, -0.15) is 0 Å².